The number of hydrogen-bond acceptors (Lipinski definition) is 14. The molecule has 2 unspecified atom stereocenters. The van der Waals surface area contributed by atoms with E-state index in [1.165, 1.54) is 23.0 Å². The quantitative estimate of drug-likeness (QED) is 0.105. The van der Waals surface area contributed by atoms with E-state index < -0.39 is 88.6 Å². The second-order valence-electron chi connectivity index (χ2n) is 10.1. The molecule has 4 aromatic rings. The average Bonchev–Trinajstić information content (AvgIpc) is 3.76. The molecular weight excluding hydrogens is 690 g/mol. The number of benzene rings is 1. The first kappa shape index (κ1) is 33.1. The van der Waals surface area contributed by atoms with E-state index in [9.17, 15) is 27.4 Å². The van der Waals surface area contributed by atoms with Gasteiger partial charge in [-0.2, -0.15) is 13.2 Å². The number of aliphatic hydroxyl groups is 1. The van der Waals surface area contributed by atoms with Crippen LogP contribution < -0.4 is 5.73 Å². The highest BCUT2D eigenvalue weighted by molar-refractivity contribution is 8.44. The van der Waals surface area contributed by atoms with E-state index in [1.807, 2.05) is 0 Å². The number of halogens is 4. The Kier molecular flexibility index (Phi) is 9.13. The Morgan fingerprint density at radius 2 is 1.96 bits per heavy atom. The maximum absolute atomic E-state index is 15.9. The van der Waals surface area contributed by atoms with Gasteiger partial charge in [0.15, 0.2) is 30.1 Å². The van der Waals surface area contributed by atoms with Crippen molar-refractivity contribution in [3.05, 3.63) is 36.4 Å². The van der Waals surface area contributed by atoms with Crippen LogP contribution in [0, 0.1) is 0 Å². The average molecular weight is 714 g/mol. The summed E-state index contributed by atoms with van der Waals surface area (Å²) in [6.45, 7) is -5.74. The van der Waals surface area contributed by atoms with E-state index in [1.54, 1.807) is 0 Å². The number of nitrogens with two attached hydrogens (primary N) is 1. The number of imidazole rings is 1. The summed E-state index contributed by atoms with van der Waals surface area (Å²) in [5.74, 6) is 0.0126. The minimum Gasteiger partial charge on any atom is -0.390 e. The highest BCUT2D eigenvalue weighted by Gasteiger charge is 2.51. The molecule has 9 atom stereocenters. The van der Waals surface area contributed by atoms with Gasteiger partial charge in [-0.1, -0.05) is 23.5 Å². The van der Waals surface area contributed by atoms with Crippen LogP contribution in [0.3, 0.4) is 0 Å². The molecule has 1 aromatic carbocycles. The predicted molar refractivity (Wildman–Crippen MR) is 150 cm³/mol. The topological polar surface area (TPSA) is 221 Å². The zero-order valence-electron chi connectivity index (χ0n) is 22.9. The molecular formula is C22H24F4N8O9P2S. The highest BCUT2D eigenvalue weighted by atomic mass is 32.7. The van der Waals surface area contributed by atoms with Gasteiger partial charge < -0.3 is 29.7 Å². The van der Waals surface area contributed by atoms with Crippen LogP contribution in [0.25, 0.3) is 22.2 Å². The Morgan fingerprint density at radius 3 is 2.70 bits per heavy atom. The zero-order valence-corrected chi connectivity index (χ0v) is 25.7. The monoisotopic (exact) mass is 714 g/mol. The fourth-order valence-corrected chi connectivity index (χ4v) is 6.95. The van der Waals surface area contributed by atoms with Crippen molar-refractivity contribution < 1.29 is 59.7 Å². The van der Waals surface area contributed by atoms with Crippen molar-refractivity contribution in [2.75, 3.05) is 18.9 Å². The first-order valence-electron chi connectivity index (χ1n) is 13.2. The van der Waals surface area contributed by atoms with Gasteiger partial charge in [-0.3, -0.25) is 18.2 Å². The Bertz CT molecular complexity index is 1820. The third-order valence-corrected chi connectivity index (χ3v) is 9.27. The lowest BCUT2D eigenvalue weighted by molar-refractivity contribution is -0.136. The summed E-state index contributed by atoms with van der Waals surface area (Å²) in [6, 6.07) is 3.39. The molecule has 2 fully saturated rings. The third-order valence-electron chi connectivity index (χ3n) is 7.24. The number of anilines is 1. The molecule has 0 bridgehead atoms. The summed E-state index contributed by atoms with van der Waals surface area (Å²) in [7, 11) is -3.48. The lowest BCUT2D eigenvalue weighted by Crippen LogP contribution is -2.33. The number of nitrogen functional groups attached to an aromatic ring is 1. The van der Waals surface area contributed by atoms with Gasteiger partial charge in [0.2, 0.25) is 0 Å². The molecule has 250 valence electrons. The molecule has 0 spiro atoms. The number of alkyl halides is 4. The second kappa shape index (κ2) is 12.7. The van der Waals surface area contributed by atoms with E-state index in [0.29, 0.717) is 0 Å². The minimum absolute atomic E-state index is 0.0000854. The van der Waals surface area contributed by atoms with Gasteiger partial charge in [0.1, 0.15) is 35.7 Å². The van der Waals surface area contributed by atoms with Crippen molar-refractivity contribution in [3.8, 4) is 0 Å². The van der Waals surface area contributed by atoms with Gasteiger partial charge >= 0.3 is 21.2 Å². The SMILES string of the molecule is Nc1ncnc2c1ncn2[C@@H]1O[C@H](CO[PH](=O)O)[C@@H](OP(=O)(S)OC[C@H]2O[C@@H](n3nnc4c(C(F)(F)F)cccc43)C[C@@H]2O)[C@H]1F. The van der Waals surface area contributed by atoms with Crippen LogP contribution in [0.4, 0.5) is 23.4 Å². The first-order valence-corrected chi connectivity index (χ1v) is 17.2. The molecule has 2 saturated heterocycles. The minimum atomic E-state index is -4.68. The maximum Gasteiger partial charge on any atom is 0.418 e. The van der Waals surface area contributed by atoms with E-state index in [0.717, 1.165) is 17.1 Å². The molecule has 2 aliphatic heterocycles. The number of rotatable bonds is 10. The fraction of sp³-hybridized carbons (Fsp3) is 0.500. The van der Waals surface area contributed by atoms with E-state index in [-0.39, 0.29) is 28.9 Å². The van der Waals surface area contributed by atoms with E-state index in [2.05, 4.69) is 37.5 Å². The maximum atomic E-state index is 15.9. The first-order chi connectivity index (χ1) is 21.7. The number of nitrogens with zero attached hydrogens (tertiary/aromatic N) is 7. The summed E-state index contributed by atoms with van der Waals surface area (Å²) in [5.41, 5.74) is 4.62. The lowest BCUT2D eigenvalue weighted by Gasteiger charge is -2.24. The van der Waals surface area contributed by atoms with Gasteiger partial charge in [0.25, 0.3) is 0 Å². The van der Waals surface area contributed by atoms with Gasteiger partial charge in [0, 0.05) is 6.42 Å². The Hall–Kier alpha value is -2.78. The van der Waals surface area contributed by atoms with Crippen LogP contribution in [0.15, 0.2) is 30.9 Å². The van der Waals surface area contributed by atoms with Crippen molar-refractivity contribution in [3.63, 3.8) is 0 Å². The van der Waals surface area contributed by atoms with Gasteiger partial charge in [-0.15, -0.1) is 5.10 Å². The number of thiol groups is 1. The van der Waals surface area contributed by atoms with Gasteiger partial charge in [-0.05, 0) is 12.1 Å². The summed E-state index contributed by atoms with van der Waals surface area (Å²) in [5, 5.41) is 18.0. The smallest absolute Gasteiger partial charge is 0.390 e. The third kappa shape index (κ3) is 6.51. The molecule has 0 radical (unpaired) electrons. The molecule has 0 aliphatic carbocycles. The van der Waals surface area contributed by atoms with Crippen molar-refractivity contribution in [2.45, 2.75) is 55.6 Å². The lowest BCUT2D eigenvalue weighted by atomic mass is 10.1. The van der Waals surface area contributed by atoms with Gasteiger partial charge in [0.05, 0.1) is 36.7 Å². The number of aliphatic hydroxyl groups excluding tert-OH is 1. The Morgan fingerprint density at radius 1 is 1.17 bits per heavy atom. The molecule has 17 nitrogen and oxygen atoms in total. The number of fused-ring (bicyclic) bond motifs is 2. The molecule has 24 heteroatoms. The molecule has 46 heavy (non-hydrogen) atoms. The number of ether oxygens (including phenoxy) is 2. The van der Waals surface area contributed by atoms with Crippen molar-refractivity contribution >= 4 is 55.3 Å². The molecule has 5 heterocycles. The highest BCUT2D eigenvalue weighted by Crippen LogP contribution is 2.57. The van der Waals surface area contributed by atoms with Crippen LogP contribution in [0.5, 0.6) is 0 Å². The fourth-order valence-electron chi connectivity index (χ4n) is 5.16. The van der Waals surface area contributed by atoms with Crippen molar-refractivity contribution in [2.24, 2.45) is 0 Å². The van der Waals surface area contributed by atoms with Gasteiger partial charge in [-0.25, -0.2) is 28.6 Å². The number of aromatic nitrogens is 7. The molecule has 6 rings (SSSR count). The summed E-state index contributed by atoms with van der Waals surface area (Å²) >= 11 is 3.92. The standard InChI is InChI=1S/C22H24F4N8O9P2S/c23-15-18(13(5-39-44(36)37)42-21(15)33-8-30-17-19(27)28-7-29-20(17)33)43-45(38,46)40-6-12-11(35)4-14(41-12)34-10-3-1-2-9(22(24,25)26)16(10)31-32-34/h1-3,7-8,11-15,18,21,35,44H,4-6H2,(H,36,37)(H,38,46)(H2,27,28,29)/t11-,12+,13+,14+,15+,18+,21+,45?/m0/s1. The van der Waals surface area contributed by atoms with Crippen molar-refractivity contribution in [1.29, 1.82) is 0 Å². The normalized spacial score (nSPS) is 29.1. The van der Waals surface area contributed by atoms with Crippen molar-refractivity contribution in [1.82, 2.24) is 34.5 Å². The predicted octanol–water partition coefficient (Wildman–Crippen LogP) is 2.59. The molecule has 0 amide bonds. The Labute approximate surface area is 260 Å². The molecule has 0 saturated carbocycles. The Balaban J connectivity index is 1.15. The molecule has 4 N–H and O–H groups in total. The van der Waals surface area contributed by atoms with Crippen LogP contribution in [-0.4, -0.2) is 88.3 Å². The van der Waals surface area contributed by atoms with E-state index >= 15 is 4.39 Å². The van der Waals surface area contributed by atoms with Crippen LogP contribution in [0.1, 0.15) is 24.4 Å². The second-order valence-corrected chi connectivity index (χ2v) is 13.8. The summed E-state index contributed by atoms with van der Waals surface area (Å²) in [6.07, 6.45) is -12.8. The van der Waals surface area contributed by atoms with E-state index in [4.69, 9.17) is 33.7 Å². The largest absolute Gasteiger partial charge is 0.418 e. The van der Waals surface area contributed by atoms with Crippen LogP contribution in [-0.2, 0) is 38.4 Å². The molecule has 3 aromatic heterocycles. The zero-order chi connectivity index (χ0) is 33.0. The summed E-state index contributed by atoms with van der Waals surface area (Å²) in [4.78, 5) is 21.0. The molecule has 2 aliphatic rings. The number of hydrogen-bond donors (Lipinski definition) is 4. The van der Waals surface area contributed by atoms with Crippen LogP contribution in [0.2, 0.25) is 0 Å². The van der Waals surface area contributed by atoms with Crippen LogP contribution >= 0.6 is 27.3 Å². The summed E-state index contributed by atoms with van der Waals surface area (Å²) < 4.78 is 110.